The second-order valence-electron chi connectivity index (χ2n) is 14.6. The number of carbonyl (C=O) groups is 5. The Morgan fingerprint density at radius 2 is 1.40 bits per heavy atom. The highest BCUT2D eigenvalue weighted by molar-refractivity contribution is 5.99. The number of rotatable bonds is 20. The van der Waals surface area contributed by atoms with Gasteiger partial charge in [-0.3, -0.25) is 24.6 Å². The van der Waals surface area contributed by atoms with E-state index in [0.717, 1.165) is 22.1 Å². The Balaban J connectivity index is 1.37. The maximum atomic E-state index is 14.0. The molecule has 0 saturated carbocycles. The van der Waals surface area contributed by atoms with Gasteiger partial charge in [0.25, 0.3) is 11.8 Å². The number of amides is 5. The molecule has 0 fully saturated rings. The van der Waals surface area contributed by atoms with Crippen LogP contribution in [-0.4, -0.2) is 82.7 Å². The van der Waals surface area contributed by atoms with E-state index >= 15 is 0 Å². The van der Waals surface area contributed by atoms with Crippen LogP contribution in [0, 0.1) is 5.92 Å². The first-order valence-corrected chi connectivity index (χ1v) is 19.5. The SMILES string of the molecule is COC(=O)N[C@H](C(=O)NN(Cc1ccc(OCc2ccccc2)cc1)C[C@H](O)[C@H](Cc1ccccc1)NC(=O)[C@H](CC(N)=O)NC(=O)c1ccc2ccccc2n1)C(C)C. The standard InChI is InChI=1S/C45H51N7O8/c1-29(2)41(50-45(58)59-3)44(57)51-52(26-31-18-21-34(22-19-31)60-28-32-14-8-5-9-15-32)27-39(53)37(24-30-12-6-4-7-13-30)48-43(56)38(25-40(46)54)49-42(55)36-23-20-33-16-10-11-17-35(33)47-36/h4-23,29,37-39,41,53H,24-28H2,1-3H3,(H2,46,54)(H,48,56)(H,49,55)(H,50,58)(H,51,57)/t37-,38-,39-,41-/m0/s1. The zero-order valence-corrected chi connectivity index (χ0v) is 33.7. The summed E-state index contributed by atoms with van der Waals surface area (Å²) in [6.45, 7) is 3.77. The van der Waals surface area contributed by atoms with Crippen molar-refractivity contribution in [3.8, 4) is 5.75 Å². The van der Waals surface area contributed by atoms with E-state index in [4.69, 9.17) is 15.2 Å². The molecule has 0 bridgehead atoms. The van der Waals surface area contributed by atoms with Crippen LogP contribution in [0.4, 0.5) is 4.79 Å². The van der Waals surface area contributed by atoms with Gasteiger partial charge in [0.15, 0.2) is 0 Å². The van der Waals surface area contributed by atoms with E-state index in [9.17, 15) is 29.1 Å². The van der Waals surface area contributed by atoms with E-state index in [0.29, 0.717) is 17.9 Å². The van der Waals surface area contributed by atoms with E-state index in [-0.39, 0.29) is 31.1 Å². The van der Waals surface area contributed by atoms with Crippen LogP contribution in [0.5, 0.6) is 5.75 Å². The summed E-state index contributed by atoms with van der Waals surface area (Å²) < 4.78 is 10.7. The number of hydrazine groups is 1. The number of nitrogens with one attached hydrogen (secondary N) is 4. The van der Waals surface area contributed by atoms with Gasteiger partial charge in [-0.2, -0.15) is 0 Å². The third-order valence-corrected chi connectivity index (χ3v) is 9.58. The number of para-hydroxylation sites is 1. The molecule has 4 atom stereocenters. The van der Waals surface area contributed by atoms with Gasteiger partial charge in [0.05, 0.1) is 31.2 Å². The van der Waals surface area contributed by atoms with Crippen molar-refractivity contribution in [2.24, 2.45) is 11.7 Å². The number of benzene rings is 4. The summed E-state index contributed by atoms with van der Waals surface area (Å²) in [7, 11) is 1.20. The van der Waals surface area contributed by atoms with Gasteiger partial charge in [0, 0.05) is 18.5 Å². The second kappa shape index (κ2) is 21.8. The molecule has 0 aliphatic heterocycles. The van der Waals surface area contributed by atoms with E-state index in [1.165, 1.54) is 18.2 Å². The Bertz CT molecular complexity index is 2210. The quantitative estimate of drug-likeness (QED) is 0.0626. The van der Waals surface area contributed by atoms with Crippen molar-refractivity contribution in [1.82, 2.24) is 31.4 Å². The van der Waals surface area contributed by atoms with Crippen LogP contribution < -0.4 is 31.8 Å². The lowest BCUT2D eigenvalue weighted by atomic mass is 9.99. The average Bonchev–Trinajstić information content (AvgIpc) is 3.24. The number of nitrogens with zero attached hydrogens (tertiary/aromatic N) is 2. The number of nitrogens with two attached hydrogens (primary N) is 1. The molecule has 7 N–H and O–H groups in total. The molecule has 0 aliphatic rings. The van der Waals surface area contributed by atoms with Crippen LogP contribution in [0.2, 0.25) is 0 Å². The minimum Gasteiger partial charge on any atom is -0.489 e. The molecule has 5 rings (SSSR count). The predicted octanol–water partition coefficient (Wildman–Crippen LogP) is 3.79. The molecule has 15 nitrogen and oxygen atoms in total. The summed E-state index contributed by atoms with van der Waals surface area (Å²) in [5, 5.41) is 22.2. The molecule has 0 aliphatic carbocycles. The number of pyridine rings is 1. The molecule has 5 aromatic rings. The second-order valence-corrected chi connectivity index (χ2v) is 14.6. The van der Waals surface area contributed by atoms with Crippen LogP contribution in [-0.2, 0) is 38.7 Å². The molecule has 60 heavy (non-hydrogen) atoms. The Kier molecular flexibility index (Phi) is 16.1. The number of carbonyl (C=O) groups excluding carboxylic acids is 5. The Morgan fingerprint density at radius 3 is 2.05 bits per heavy atom. The maximum Gasteiger partial charge on any atom is 0.407 e. The topological polar surface area (TPSA) is 214 Å². The lowest BCUT2D eigenvalue weighted by molar-refractivity contribution is -0.131. The fourth-order valence-electron chi connectivity index (χ4n) is 6.37. The van der Waals surface area contributed by atoms with Crippen molar-refractivity contribution in [2.45, 2.75) is 64.1 Å². The Hall–Kier alpha value is -6.84. The first-order chi connectivity index (χ1) is 28.9. The van der Waals surface area contributed by atoms with Gasteiger partial charge < -0.3 is 36.3 Å². The molecule has 1 heterocycles. The first kappa shape index (κ1) is 44.3. The normalized spacial score (nSPS) is 13.1. The monoisotopic (exact) mass is 817 g/mol. The molecule has 0 spiro atoms. The van der Waals surface area contributed by atoms with Gasteiger partial charge in [-0.15, -0.1) is 0 Å². The number of aromatic nitrogens is 1. The summed E-state index contributed by atoms with van der Waals surface area (Å²) >= 11 is 0. The predicted molar refractivity (Wildman–Crippen MR) is 225 cm³/mol. The molecule has 15 heteroatoms. The molecule has 0 radical (unpaired) electrons. The highest BCUT2D eigenvalue weighted by atomic mass is 16.5. The van der Waals surface area contributed by atoms with Gasteiger partial charge >= 0.3 is 6.09 Å². The number of alkyl carbamates (subject to hydrolysis) is 1. The minimum atomic E-state index is -1.41. The highest BCUT2D eigenvalue weighted by Crippen LogP contribution is 2.17. The highest BCUT2D eigenvalue weighted by Gasteiger charge is 2.32. The van der Waals surface area contributed by atoms with Crippen LogP contribution >= 0.6 is 0 Å². The number of aliphatic hydroxyl groups excluding tert-OH is 1. The maximum absolute atomic E-state index is 14.0. The number of fused-ring (bicyclic) bond motifs is 1. The lowest BCUT2D eigenvalue weighted by Gasteiger charge is -2.32. The van der Waals surface area contributed by atoms with Crippen molar-refractivity contribution in [3.63, 3.8) is 0 Å². The molecule has 5 amide bonds. The van der Waals surface area contributed by atoms with Crippen molar-refractivity contribution >= 4 is 40.6 Å². The Morgan fingerprint density at radius 1 is 0.750 bits per heavy atom. The van der Waals surface area contributed by atoms with Crippen molar-refractivity contribution in [3.05, 3.63) is 144 Å². The van der Waals surface area contributed by atoms with Gasteiger partial charge in [-0.1, -0.05) is 111 Å². The van der Waals surface area contributed by atoms with Gasteiger partial charge in [0.2, 0.25) is 11.8 Å². The zero-order chi connectivity index (χ0) is 43.0. The number of hydrogen-bond acceptors (Lipinski definition) is 10. The average molecular weight is 818 g/mol. The molecule has 1 aromatic heterocycles. The smallest absolute Gasteiger partial charge is 0.407 e. The summed E-state index contributed by atoms with van der Waals surface area (Å²) in [6.07, 6.45) is -2.54. The van der Waals surface area contributed by atoms with Crippen molar-refractivity contribution < 1.29 is 38.6 Å². The van der Waals surface area contributed by atoms with Crippen LogP contribution in [0.3, 0.4) is 0 Å². The number of methoxy groups -OCH3 is 1. The molecule has 0 unspecified atom stereocenters. The van der Waals surface area contributed by atoms with E-state index < -0.39 is 60.4 Å². The fraction of sp³-hybridized carbons (Fsp3) is 0.289. The number of aliphatic hydroxyl groups is 1. The lowest BCUT2D eigenvalue weighted by Crippen LogP contribution is -2.59. The first-order valence-electron chi connectivity index (χ1n) is 19.5. The fourth-order valence-corrected chi connectivity index (χ4v) is 6.37. The van der Waals surface area contributed by atoms with Gasteiger partial charge in [-0.25, -0.2) is 14.8 Å². The minimum absolute atomic E-state index is 0.0282. The van der Waals surface area contributed by atoms with Gasteiger partial charge in [0.1, 0.15) is 30.1 Å². The van der Waals surface area contributed by atoms with Crippen molar-refractivity contribution in [2.75, 3.05) is 13.7 Å². The summed E-state index contributed by atoms with van der Waals surface area (Å²) in [4.78, 5) is 69.8. The number of hydrogen-bond donors (Lipinski definition) is 6. The summed E-state index contributed by atoms with van der Waals surface area (Å²) in [6, 6.07) is 33.1. The summed E-state index contributed by atoms with van der Waals surface area (Å²) in [5.74, 6) is -2.60. The Labute approximate surface area is 348 Å². The van der Waals surface area contributed by atoms with Crippen molar-refractivity contribution in [1.29, 1.82) is 0 Å². The molecule has 0 saturated heterocycles. The number of primary amides is 1. The number of ether oxygens (including phenoxy) is 2. The van der Waals surface area contributed by atoms with Crippen LogP contribution in [0.1, 0.15) is 47.4 Å². The third-order valence-electron chi connectivity index (χ3n) is 9.58. The van der Waals surface area contributed by atoms with E-state index in [1.54, 1.807) is 44.2 Å². The zero-order valence-electron chi connectivity index (χ0n) is 33.7. The molecule has 314 valence electrons. The van der Waals surface area contributed by atoms with E-state index in [1.807, 2.05) is 84.9 Å². The molecular formula is C45H51N7O8. The van der Waals surface area contributed by atoms with Crippen LogP contribution in [0.25, 0.3) is 10.9 Å². The van der Waals surface area contributed by atoms with Crippen LogP contribution in [0.15, 0.2) is 121 Å². The summed E-state index contributed by atoms with van der Waals surface area (Å²) in [5.41, 5.74) is 11.5. The third kappa shape index (κ3) is 13.4. The molecule has 4 aromatic carbocycles. The molecular weight excluding hydrogens is 767 g/mol. The largest absolute Gasteiger partial charge is 0.489 e. The van der Waals surface area contributed by atoms with E-state index in [2.05, 4.69) is 26.4 Å². The van der Waals surface area contributed by atoms with Gasteiger partial charge in [-0.05, 0) is 53.3 Å².